The molecule has 8 heteroatoms. The second-order valence-corrected chi connectivity index (χ2v) is 6.98. The first-order valence-electron chi connectivity index (χ1n) is 9.79. The molecule has 8 nitrogen and oxygen atoms in total. The SMILES string of the molecule is CC(=O)Nc1cccc(NC(=O)c2ccccc2C(=O)Nc2cccc(NC(C)=O)c2)c1. The van der Waals surface area contributed by atoms with Crippen molar-refractivity contribution < 1.29 is 19.2 Å². The first kappa shape index (κ1) is 22.2. The average molecular weight is 430 g/mol. The molecule has 0 atom stereocenters. The van der Waals surface area contributed by atoms with E-state index in [9.17, 15) is 19.2 Å². The van der Waals surface area contributed by atoms with Crippen molar-refractivity contribution in [2.24, 2.45) is 0 Å². The third-order valence-electron chi connectivity index (χ3n) is 4.30. The maximum Gasteiger partial charge on any atom is 0.256 e. The van der Waals surface area contributed by atoms with Gasteiger partial charge < -0.3 is 21.3 Å². The number of hydrogen-bond acceptors (Lipinski definition) is 4. The van der Waals surface area contributed by atoms with Crippen LogP contribution in [0.3, 0.4) is 0 Å². The number of carbonyl (C=O) groups excluding carboxylic acids is 4. The minimum atomic E-state index is -0.470. The number of anilines is 4. The molecule has 0 aliphatic heterocycles. The van der Waals surface area contributed by atoms with Gasteiger partial charge in [0.05, 0.1) is 11.1 Å². The first-order valence-corrected chi connectivity index (χ1v) is 9.79. The van der Waals surface area contributed by atoms with Crippen LogP contribution < -0.4 is 21.3 Å². The van der Waals surface area contributed by atoms with E-state index in [0.29, 0.717) is 22.7 Å². The molecule has 0 spiro atoms. The summed E-state index contributed by atoms with van der Waals surface area (Å²) in [7, 11) is 0. The molecule has 162 valence electrons. The Kier molecular flexibility index (Phi) is 6.97. The van der Waals surface area contributed by atoms with Crippen LogP contribution in [0.4, 0.5) is 22.7 Å². The van der Waals surface area contributed by atoms with Gasteiger partial charge in [-0.3, -0.25) is 19.2 Å². The van der Waals surface area contributed by atoms with Crippen molar-refractivity contribution in [1.82, 2.24) is 0 Å². The Hall–Kier alpha value is -4.46. The van der Waals surface area contributed by atoms with Crippen molar-refractivity contribution in [1.29, 1.82) is 0 Å². The molecule has 0 radical (unpaired) electrons. The summed E-state index contributed by atoms with van der Waals surface area (Å²) in [5.74, 6) is -1.39. The van der Waals surface area contributed by atoms with E-state index in [1.165, 1.54) is 13.8 Å². The quantitative estimate of drug-likeness (QED) is 0.471. The minimum Gasteiger partial charge on any atom is -0.326 e. The summed E-state index contributed by atoms with van der Waals surface area (Å²) in [5.41, 5.74) is 2.40. The summed E-state index contributed by atoms with van der Waals surface area (Å²) < 4.78 is 0. The average Bonchev–Trinajstić information content (AvgIpc) is 2.73. The molecule has 0 saturated carbocycles. The molecule has 3 aromatic carbocycles. The van der Waals surface area contributed by atoms with Gasteiger partial charge in [-0.15, -0.1) is 0 Å². The largest absolute Gasteiger partial charge is 0.326 e. The van der Waals surface area contributed by atoms with E-state index in [0.717, 1.165) is 0 Å². The smallest absolute Gasteiger partial charge is 0.256 e. The van der Waals surface area contributed by atoms with Crippen LogP contribution in [0, 0.1) is 0 Å². The van der Waals surface area contributed by atoms with Crippen LogP contribution in [0.15, 0.2) is 72.8 Å². The Morgan fingerprint density at radius 1 is 0.500 bits per heavy atom. The summed E-state index contributed by atoms with van der Waals surface area (Å²) in [6, 6.07) is 19.8. The van der Waals surface area contributed by atoms with Gasteiger partial charge in [-0.1, -0.05) is 24.3 Å². The minimum absolute atomic E-state index is 0.188. The Bertz CT molecular complexity index is 1100. The number of amides is 4. The van der Waals surface area contributed by atoms with Crippen LogP contribution >= 0.6 is 0 Å². The number of nitrogens with one attached hydrogen (secondary N) is 4. The molecular formula is C24H22N4O4. The van der Waals surface area contributed by atoms with Crippen LogP contribution in [0.2, 0.25) is 0 Å². The van der Waals surface area contributed by atoms with Gasteiger partial charge >= 0.3 is 0 Å². The highest BCUT2D eigenvalue weighted by Crippen LogP contribution is 2.20. The Morgan fingerprint density at radius 2 is 0.844 bits per heavy atom. The zero-order valence-corrected chi connectivity index (χ0v) is 17.6. The number of benzene rings is 3. The van der Waals surface area contributed by atoms with Crippen molar-refractivity contribution in [3.8, 4) is 0 Å². The molecular weight excluding hydrogens is 408 g/mol. The Labute approximate surface area is 185 Å². The Balaban J connectivity index is 1.78. The van der Waals surface area contributed by atoms with Gasteiger partial charge in [-0.2, -0.15) is 0 Å². The van der Waals surface area contributed by atoms with Crippen molar-refractivity contribution in [3.05, 3.63) is 83.9 Å². The first-order chi connectivity index (χ1) is 15.3. The van der Waals surface area contributed by atoms with E-state index in [-0.39, 0.29) is 22.9 Å². The highest BCUT2D eigenvalue weighted by atomic mass is 16.2. The third-order valence-corrected chi connectivity index (χ3v) is 4.30. The van der Waals surface area contributed by atoms with E-state index < -0.39 is 11.8 Å². The Morgan fingerprint density at radius 3 is 1.19 bits per heavy atom. The van der Waals surface area contributed by atoms with Gasteiger partial charge in [0.15, 0.2) is 0 Å². The van der Waals surface area contributed by atoms with Crippen molar-refractivity contribution in [2.45, 2.75) is 13.8 Å². The monoisotopic (exact) mass is 430 g/mol. The van der Waals surface area contributed by atoms with E-state index in [1.807, 2.05) is 0 Å². The summed E-state index contributed by atoms with van der Waals surface area (Å²) >= 11 is 0. The van der Waals surface area contributed by atoms with Gasteiger partial charge in [0.2, 0.25) is 11.8 Å². The van der Waals surface area contributed by atoms with Gasteiger partial charge in [0, 0.05) is 36.6 Å². The molecule has 0 aliphatic rings. The van der Waals surface area contributed by atoms with Crippen LogP contribution in [-0.4, -0.2) is 23.6 Å². The lowest BCUT2D eigenvalue weighted by atomic mass is 10.1. The molecule has 3 aromatic rings. The van der Waals surface area contributed by atoms with Crippen molar-refractivity contribution >= 4 is 46.4 Å². The predicted molar refractivity (Wildman–Crippen MR) is 124 cm³/mol. The van der Waals surface area contributed by atoms with E-state index in [2.05, 4.69) is 21.3 Å². The molecule has 4 N–H and O–H groups in total. The summed E-state index contributed by atoms with van der Waals surface area (Å²) in [4.78, 5) is 48.2. The van der Waals surface area contributed by atoms with E-state index >= 15 is 0 Å². The topological polar surface area (TPSA) is 116 Å². The molecule has 3 rings (SSSR count). The fourth-order valence-electron chi connectivity index (χ4n) is 3.03. The molecule has 0 heterocycles. The van der Waals surface area contributed by atoms with Gasteiger partial charge in [0.1, 0.15) is 0 Å². The molecule has 0 aromatic heterocycles. The molecule has 32 heavy (non-hydrogen) atoms. The second kappa shape index (κ2) is 10.0. The third kappa shape index (κ3) is 6.02. The van der Waals surface area contributed by atoms with Crippen molar-refractivity contribution in [3.63, 3.8) is 0 Å². The van der Waals surface area contributed by atoms with Crippen LogP contribution in [0.25, 0.3) is 0 Å². The lowest BCUT2D eigenvalue weighted by molar-refractivity contribution is -0.115. The molecule has 4 amide bonds. The number of hydrogen-bond donors (Lipinski definition) is 4. The van der Waals surface area contributed by atoms with E-state index in [1.54, 1.807) is 72.8 Å². The zero-order chi connectivity index (χ0) is 23.1. The number of rotatable bonds is 6. The van der Waals surface area contributed by atoms with Crippen LogP contribution in [-0.2, 0) is 9.59 Å². The molecule has 0 unspecified atom stereocenters. The number of carbonyl (C=O) groups is 4. The molecule has 0 aliphatic carbocycles. The standard InChI is InChI=1S/C24H22N4O4/c1-15(29)25-17-7-5-9-19(13-17)27-23(31)21-11-3-4-12-22(21)24(32)28-20-10-6-8-18(14-20)26-16(2)30/h3-14H,1-2H3,(H,25,29)(H,26,30)(H,27,31)(H,28,32). The van der Waals surface area contributed by atoms with Gasteiger partial charge in [-0.05, 0) is 48.5 Å². The zero-order valence-electron chi connectivity index (χ0n) is 17.6. The fraction of sp³-hybridized carbons (Fsp3) is 0.0833. The van der Waals surface area contributed by atoms with E-state index in [4.69, 9.17) is 0 Å². The maximum atomic E-state index is 12.9. The van der Waals surface area contributed by atoms with Gasteiger partial charge in [0.25, 0.3) is 11.8 Å². The van der Waals surface area contributed by atoms with Gasteiger partial charge in [-0.25, -0.2) is 0 Å². The maximum absolute atomic E-state index is 12.9. The fourth-order valence-corrected chi connectivity index (χ4v) is 3.03. The molecule has 0 bridgehead atoms. The highest BCUT2D eigenvalue weighted by Gasteiger charge is 2.17. The normalized spacial score (nSPS) is 10.1. The highest BCUT2D eigenvalue weighted by molar-refractivity contribution is 6.15. The second-order valence-electron chi connectivity index (χ2n) is 6.98. The lowest BCUT2D eigenvalue weighted by Crippen LogP contribution is -2.20. The summed E-state index contributed by atoms with van der Waals surface area (Å²) in [5, 5.41) is 10.8. The summed E-state index contributed by atoms with van der Waals surface area (Å²) in [6.07, 6.45) is 0. The summed E-state index contributed by atoms with van der Waals surface area (Å²) in [6.45, 7) is 2.79. The van der Waals surface area contributed by atoms with Crippen molar-refractivity contribution in [2.75, 3.05) is 21.3 Å². The van der Waals surface area contributed by atoms with Crippen LogP contribution in [0.1, 0.15) is 34.6 Å². The van der Waals surface area contributed by atoms with Crippen LogP contribution in [0.5, 0.6) is 0 Å². The molecule has 0 saturated heterocycles. The predicted octanol–water partition coefficient (Wildman–Crippen LogP) is 4.11. The molecule has 0 fully saturated rings. The lowest BCUT2D eigenvalue weighted by Gasteiger charge is -2.12.